The van der Waals surface area contributed by atoms with E-state index in [9.17, 15) is 34.4 Å². The summed E-state index contributed by atoms with van der Waals surface area (Å²) in [5.74, 6) is 2.95. The first-order valence-electron chi connectivity index (χ1n) is 17.8. The summed E-state index contributed by atoms with van der Waals surface area (Å²) in [6, 6.07) is 0. The van der Waals surface area contributed by atoms with Crippen molar-refractivity contribution in [3.63, 3.8) is 0 Å². The second-order valence-corrected chi connectivity index (χ2v) is 16.2. The molecule has 5 aliphatic rings. The third-order valence-electron chi connectivity index (χ3n) is 13.0. The molecule has 0 aromatic carbocycles. The van der Waals surface area contributed by atoms with E-state index in [2.05, 4.69) is 40.7 Å². The van der Waals surface area contributed by atoms with Crippen molar-refractivity contribution in [1.29, 1.82) is 0 Å². The van der Waals surface area contributed by atoms with E-state index in [-0.39, 0.29) is 17.6 Å². The summed E-state index contributed by atoms with van der Waals surface area (Å²) in [4.78, 5) is 24.0. The van der Waals surface area contributed by atoms with Gasteiger partial charge in [-0.2, -0.15) is 4.39 Å². The Bertz CT molecular complexity index is 1400. The van der Waals surface area contributed by atoms with Crippen LogP contribution in [0.25, 0.3) is 0 Å². The van der Waals surface area contributed by atoms with Crippen molar-refractivity contribution in [1.82, 2.24) is 9.55 Å². The molecule has 1 saturated heterocycles. The number of fused-ring (bicyclic) bond motifs is 5. The number of nitrogens with zero attached hydrogens (tertiary/aromatic N) is 1. The summed E-state index contributed by atoms with van der Waals surface area (Å²) in [6.07, 6.45) is 9.09. The summed E-state index contributed by atoms with van der Waals surface area (Å²) >= 11 is 0. The van der Waals surface area contributed by atoms with Gasteiger partial charge in [-0.25, -0.2) is 4.79 Å². The number of aliphatic hydroxyl groups is 5. The van der Waals surface area contributed by atoms with Crippen molar-refractivity contribution in [2.75, 3.05) is 6.61 Å². The van der Waals surface area contributed by atoms with Gasteiger partial charge in [-0.3, -0.25) is 14.3 Å². The molecule has 13 atom stereocenters. The van der Waals surface area contributed by atoms with Crippen LogP contribution in [0.1, 0.15) is 105 Å². The third kappa shape index (κ3) is 6.82. The third-order valence-corrected chi connectivity index (χ3v) is 13.0. The predicted octanol–water partition coefficient (Wildman–Crippen LogP) is 3.65. The Labute approximate surface area is 277 Å². The lowest BCUT2D eigenvalue weighted by Gasteiger charge is -2.59. The maximum Gasteiger partial charge on any atom is 0.330 e. The van der Waals surface area contributed by atoms with E-state index < -0.39 is 48.2 Å². The zero-order valence-electron chi connectivity index (χ0n) is 28.6. The fourth-order valence-corrected chi connectivity index (χ4v) is 10.4. The van der Waals surface area contributed by atoms with Crippen molar-refractivity contribution < 1.29 is 34.7 Å². The first-order valence-corrected chi connectivity index (χ1v) is 17.8. The minimum absolute atomic E-state index is 0.200. The first-order chi connectivity index (χ1) is 22.1. The topological polar surface area (TPSA) is 165 Å². The SMILES string of the molecule is CC(C)CCCC(C)[C@H]1CC[C@H]2[C@@H]3[C@@H](O)C=C4C[C@@H](O)CC[C@]4(C)[C@H]3CC[C@]12C.O=c1[nH]c(=O)n([C@@H]2O[C@H](CO)[C@@H](O)[C@H]2O)cc1F. The quantitative estimate of drug-likeness (QED) is 0.241. The van der Waals surface area contributed by atoms with Crippen LogP contribution in [0.5, 0.6) is 0 Å². The van der Waals surface area contributed by atoms with Gasteiger partial charge in [-0.15, -0.1) is 0 Å². The normalized spacial score (nSPS) is 41.7. The predicted molar refractivity (Wildman–Crippen MR) is 175 cm³/mol. The van der Waals surface area contributed by atoms with Gasteiger partial charge < -0.3 is 30.3 Å². The Morgan fingerprint density at radius 2 is 1.72 bits per heavy atom. The number of aromatic amines is 1. The lowest BCUT2D eigenvalue weighted by Crippen LogP contribution is -2.54. The number of ether oxygens (including phenoxy) is 1. The number of hydrogen-bond acceptors (Lipinski definition) is 8. The number of H-pyrrole nitrogens is 1. The molecule has 6 rings (SSSR count). The second-order valence-electron chi connectivity index (χ2n) is 16.2. The molecule has 0 radical (unpaired) electrons. The maximum absolute atomic E-state index is 13.1. The van der Waals surface area contributed by atoms with Gasteiger partial charge in [0.05, 0.1) is 25.0 Å². The average Bonchev–Trinajstić information content (AvgIpc) is 3.51. The summed E-state index contributed by atoms with van der Waals surface area (Å²) in [6.45, 7) is 11.7. The van der Waals surface area contributed by atoms with E-state index in [0.717, 1.165) is 37.0 Å². The molecule has 4 fully saturated rings. The highest BCUT2D eigenvalue weighted by Gasteiger charge is 2.61. The summed E-state index contributed by atoms with van der Waals surface area (Å²) < 4.78 is 18.7. The lowest BCUT2D eigenvalue weighted by atomic mass is 9.46. The molecule has 1 aromatic rings. The monoisotopic (exact) mass is 664 g/mol. The number of aliphatic hydroxyl groups excluding tert-OH is 5. The van der Waals surface area contributed by atoms with E-state index in [0.29, 0.717) is 33.9 Å². The van der Waals surface area contributed by atoms with Crippen LogP contribution in [0.4, 0.5) is 4.39 Å². The smallest absolute Gasteiger partial charge is 0.330 e. The van der Waals surface area contributed by atoms with Crippen LogP contribution in [0.2, 0.25) is 0 Å². The van der Waals surface area contributed by atoms with Crippen LogP contribution < -0.4 is 11.2 Å². The van der Waals surface area contributed by atoms with E-state index in [1.54, 1.807) is 4.98 Å². The number of rotatable bonds is 7. The minimum Gasteiger partial charge on any atom is -0.394 e. The summed E-state index contributed by atoms with van der Waals surface area (Å²) in [5.41, 5.74) is -0.190. The van der Waals surface area contributed by atoms with Crippen LogP contribution in [0.15, 0.2) is 27.4 Å². The summed E-state index contributed by atoms with van der Waals surface area (Å²) in [7, 11) is 0. The highest BCUT2D eigenvalue weighted by atomic mass is 19.1. The summed E-state index contributed by atoms with van der Waals surface area (Å²) in [5, 5.41) is 49.5. The molecule has 1 aromatic heterocycles. The van der Waals surface area contributed by atoms with Gasteiger partial charge in [-0.05, 0) is 91.3 Å². The number of nitrogens with one attached hydrogen (secondary N) is 1. The van der Waals surface area contributed by atoms with Crippen molar-refractivity contribution in [2.24, 2.45) is 46.3 Å². The Balaban J connectivity index is 0.000000207. The molecule has 3 saturated carbocycles. The molecular formula is C36H57FN2O8. The van der Waals surface area contributed by atoms with Gasteiger partial charge in [0.2, 0.25) is 5.82 Å². The largest absolute Gasteiger partial charge is 0.394 e. The fourth-order valence-electron chi connectivity index (χ4n) is 10.4. The second kappa shape index (κ2) is 14.2. The van der Waals surface area contributed by atoms with Gasteiger partial charge in [0, 0.05) is 0 Å². The maximum atomic E-state index is 13.1. The van der Waals surface area contributed by atoms with E-state index >= 15 is 0 Å². The van der Waals surface area contributed by atoms with Crippen molar-refractivity contribution >= 4 is 0 Å². The van der Waals surface area contributed by atoms with Gasteiger partial charge in [0.1, 0.15) is 18.3 Å². The Morgan fingerprint density at radius 1 is 1.00 bits per heavy atom. The molecule has 10 nitrogen and oxygen atoms in total. The molecule has 47 heavy (non-hydrogen) atoms. The van der Waals surface area contributed by atoms with Crippen LogP contribution in [0.3, 0.4) is 0 Å². The average molecular weight is 665 g/mol. The Hall–Kier alpha value is -1.89. The molecule has 1 unspecified atom stereocenters. The minimum atomic E-state index is -1.52. The molecule has 4 aliphatic carbocycles. The van der Waals surface area contributed by atoms with E-state index in [4.69, 9.17) is 9.84 Å². The zero-order chi connectivity index (χ0) is 34.4. The molecule has 6 N–H and O–H groups in total. The molecule has 0 bridgehead atoms. The van der Waals surface area contributed by atoms with Crippen LogP contribution in [0, 0.1) is 52.2 Å². The van der Waals surface area contributed by atoms with Gasteiger partial charge >= 0.3 is 5.69 Å². The first kappa shape index (κ1) is 36.4. The van der Waals surface area contributed by atoms with Crippen molar-refractivity contribution in [3.05, 3.63) is 44.5 Å². The highest BCUT2D eigenvalue weighted by Crippen LogP contribution is 2.67. The highest BCUT2D eigenvalue weighted by molar-refractivity contribution is 5.28. The van der Waals surface area contributed by atoms with Gasteiger partial charge in [0.25, 0.3) is 5.56 Å². The lowest BCUT2D eigenvalue weighted by molar-refractivity contribution is -0.0970. The molecule has 11 heteroatoms. The van der Waals surface area contributed by atoms with Crippen LogP contribution in [-0.2, 0) is 4.74 Å². The Morgan fingerprint density at radius 3 is 2.38 bits per heavy atom. The van der Waals surface area contributed by atoms with E-state index in [1.165, 1.54) is 50.5 Å². The number of hydrogen-bond donors (Lipinski definition) is 6. The molecule has 266 valence electrons. The van der Waals surface area contributed by atoms with E-state index in [1.807, 2.05) is 0 Å². The Kier molecular flexibility index (Phi) is 11.0. The molecule has 1 aliphatic heterocycles. The molecule has 0 spiro atoms. The van der Waals surface area contributed by atoms with Crippen LogP contribution in [-0.4, -0.2) is 72.2 Å². The fraction of sp³-hybridized carbons (Fsp3) is 0.833. The zero-order valence-corrected chi connectivity index (χ0v) is 28.6. The van der Waals surface area contributed by atoms with Gasteiger partial charge in [-0.1, -0.05) is 65.5 Å². The van der Waals surface area contributed by atoms with Gasteiger partial charge in [0.15, 0.2) is 6.23 Å². The molecule has 0 amide bonds. The van der Waals surface area contributed by atoms with Crippen LogP contribution >= 0.6 is 0 Å². The number of aromatic nitrogens is 2. The standard InChI is InChI=1S/C27H46O2.C9H11FN2O6/c1-17(2)7-6-8-18(3)21-9-10-22-25-23(12-14-27(21,22)5)26(4)13-11-20(28)15-19(26)16-24(25)29;10-3-1-12(9(17)11-7(3)16)8-6(15)5(14)4(2-13)18-8/h16-18,20-25,28-29H,6-15H2,1-5H3;1,4-6,8,13-15H,2H2,(H,11,16,17)/t18?,20-,21+,22-,23-,24-,25-,26-,27+;4-,5-,6-,8-/m01/s1. The van der Waals surface area contributed by atoms with Crippen molar-refractivity contribution in [2.45, 2.75) is 136 Å². The molecular weight excluding hydrogens is 607 g/mol. The number of halogens is 1. The molecule has 2 heterocycles. The van der Waals surface area contributed by atoms with Crippen molar-refractivity contribution in [3.8, 4) is 0 Å².